The number of aromatic nitrogens is 1. The molecule has 0 radical (unpaired) electrons. The van der Waals surface area contributed by atoms with Gasteiger partial charge in [0.15, 0.2) is 0 Å². The van der Waals surface area contributed by atoms with E-state index < -0.39 is 5.60 Å². The van der Waals surface area contributed by atoms with Crippen LogP contribution >= 0.6 is 0 Å². The summed E-state index contributed by atoms with van der Waals surface area (Å²) in [5.74, 6) is 2.97. The van der Waals surface area contributed by atoms with Crippen LogP contribution in [0.4, 0.5) is 11.5 Å². The van der Waals surface area contributed by atoms with E-state index in [1.165, 1.54) is 70.6 Å². The Balaban J connectivity index is 1.40. The van der Waals surface area contributed by atoms with Crippen LogP contribution < -0.4 is 10.6 Å². The van der Waals surface area contributed by atoms with Crippen molar-refractivity contribution in [1.29, 1.82) is 0 Å². The van der Waals surface area contributed by atoms with E-state index in [9.17, 15) is 4.79 Å². The summed E-state index contributed by atoms with van der Waals surface area (Å²) in [5, 5.41) is 7.44. The lowest BCUT2D eigenvalue weighted by molar-refractivity contribution is 0.00639. The number of esters is 1. The molecule has 0 aromatic carbocycles. The van der Waals surface area contributed by atoms with Crippen molar-refractivity contribution in [2.24, 2.45) is 17.8 Å². The van der Waals surface area contributed by atoms with Crippen molar-refractivity contribution in [3.8, 4) is 0 Å². The van der Waals surface area contributed by atoms with Gasteiger partial charge in [-0.2, -0.15) is 0 Å². The molecule has 5 heteroatoms. The first kappa shape index (κ1) is 21.1. The first-order valence-electron chi connectivity index (χ1n) is 12.6. The Hall–Kier alpha value is -1.78. The first-order valence-corrected chi connectivity index (χ1v) is 12.6. The van der Waals surface area contributed by atoms with Crippen molar-refractivity contribution >= 4 is 17.5 Å². The van der Waals surface area contributed by atoms with Gasteiger partial charge in [0.2, 0.25) is 0 Å². The molecule has 0 spiro atoms. The summed E-state index contributed by atoms with van der Waals surface area (Å²) in [6.45, 7) is 5.78. The molecule has 0 unspecified atom stereocenters. The fourth-order valence-electron chi connectivity index (χ4n) is 7.13. The van der Waals surface area contributed by atoms with Crippen molar-refractivity contribution < 1.29 is 9.53 Å². The molecule has 0 amide bonds. The van der Waals surface area contributed by atoms with Crippen molar-refractivity contribution in [3.05, 3.63) is 17.8 Å². The summed E-state index contributed by atoms with van der Waals surface area (Å²) in [7, 11) is 0. The lowest BCUT2D eigenvalue weighted by Crippen LogP contribution is -2.55. The third kappa shape index (κ3) is 4.70. The number of carbonyl (C=O) groups excluding carboxylic acids is 1. The second-order valence-corrected chi connectivity index (χ2v) is 11.9. The third-order valence-electron chi connectivity index (χ3n) is 7.90. The molecule has 5 aliphatic rings. The first-order chi connectivity index (χ1) is 14.8. The van der Waals surface area contributed by atoms with E-state index in [0.717, 1.165) is 23.4 Å². The molecule has 31 heavy (non-hydrogen) atoms. The molecular formula is C26H39N3O2. The van der Waals surface area contributed by atoms with Gasteiger partial charge >= 0.3 is 5.97 Å². The minimum atomic E-state index is -0.526. The van der Waals surface area contributed by atoms with E-state index in [1.54, 1.807) is 0 Å². The SMILES string of the molecule is CC(C)(C)OC(=O)c1cc(NC2CCCCC2)cnc1NC12CC3CC(CC(C3)C1)C2. The molecule has 1 aromatic rings. The van der Waals surface area contributed by atoms with Gasteiger partial charge in [-0.15, -0.1) is 0 Å². The van der Waals surface area contributed by atoms with E-state index in [2.05, 4.69) is 10.6 Å². The highest BCUT2D eigenvalue weighted by Crippen LogP contribution is 2.56. The Morgan fingerprint density at radius 3 is 2.23 bits per heavy atom. The van der Waals surface area contributed by atoms with Crippen LogP contribution in [0.5, 0.6) is 0 Å². The molecule has 5 nitrogen and oxygen atoms in total. The van der Waals surface area contributed by atoms with E-state index in [4.69, 9.17) is 9.72 Å². The molecule has 1 aromatic heterocycles. The Kier molecular flexibility index (Phi) is 5.42. The zero-order chi connectivity index (χ0) is 21.6. The van der Waals surface area contributed by atoms with Crippen LogP contribution in [-0.2, 0) is 4.74 Å². The molecule has 6 rings (SSSR count). The Bertz CT molecular complexity index is 787. The molecule has 5 aliphatic carbocycles. The van der Waals surface area contributed by atoms with Gasteiger partial charge in [-0.3, -0.25) is 0 Å². The van der Waals surface area contributed by atoms with Crippen LogP contribution in [0.15, 0.2) is 12.3 Å². The Morgan fingerprint density at radius 2 is 1.65 bits per heavy atom. The maximum atomic E-state index is 13.2. The van der Waals surface area contributed by atoms with E-state index in [1.807, 2.05) is 33.0 Å². The highest BCUT2D eigenvalue weighted by atomic mass is 16.6. The molecule has 5 fully saturated rings. The van der Waals surface area contributed by atoms with Gasteiger partial charge in [0.25, 0.3) is 0 Å². The second kappa shape index (κ2) is 7.97. The highest BCUT2D eigenvalue weighted by Gasteiger charge is 2.51. The average Bonchev–Trinajstić information content (AvgIpc) is 2.67. The molecule has 0 saturated heterocycles. The Labute approximate surface area is 187 Å². The largest absolute Gasteiger partial charge is 0.456 e. The normalized spacial score (nSPS) is 32.7. The highest BCUT2D eigenvalue weighted by molar-refractivity contribution is 5.96. The lowest BCUT2D eigenvalue weighted by Gasteiger charge is -2.57. The fraction of sp³-hybridized carbons (Fsp3) is 0.769. The van der Waals surface area contributed by atoms with Crippen molar-refractivity contribution in [2.45, 2.75) is 109 Å². The van der Waals surface area contributed by atoms with Gasteiger partial charge in [-0.05, 0) is 96.0 Å². The molecule has 5 saturated carbocycles. The standard InChI is InChI=1S/C26H39N3O2/c1-25(2,3)31-24(30)22-12-21(28-20-7-5-4-6-8-20)16-27-23(22)29-26-13-17-9-18(14-26)11-19(10-17)15-26/h12,16-20,28H,4-11,13-15H2,1-3H3,(H,27,29). The summed E-state index contributed by atoms with van der Waals surface area (Å²) in [6.07, 6.45) is 16.0. The number of hydrogen-bond donors (Lipinski definition) is 2. The maximum Gasteiger partial charge on any atom is 0.342 e. The van der Waals surface area contributed by atoms with Crippen LogP contribution in [0, 0.1) is 17.8 Å². The van der Waals surface area contributed by atoms with Crippen LogP contribution in [0.2, 0.25) is 0 Å². The summed E-state index contributed by atoms with van der Waals surface area (Å²) in [4.78, 5) is 18.0. The number of pyridine rings is 1. The van der Waals surface area contributed by atoms with Gasteiger partial charge in [0, 0.05) is 11.6 Å². The second-order valence-electron chi connectivity index (χ2n) is 11.9. The molecule has 0 atom stereocenters. The molecule has 2 N–H and O–H groups in total. The summed E-state index contributed by atoms with van der Waals surface area (Å²) in [6, 6.07) is 2.45. The van der Waals surface area contributed by atoms with E-state index in [-0.39, 0.29) is 11.5 Å². The van der Waals surface area contributed by atoms with Gasteiger partial charge in [-0.25, -0.2) is 9.78 Å². The smallest absolute Gasteiger partial charge is 0.342 e. The number of ether oxygens (including phenoxy) is 1. The van der Waals surface area contributed by atoms with E-state index >= 15 is 0 Å². The number of anilines is 2. The van der Waals surface area contributed by atoms with Crippen LogP contribution in [0.1, 0.15) is 102 Å². The zero-order valence-corrected chi connectivity index (χ0v) is 19.5. The summed E-state index contributed by atoms with van der Waals surface area (Å²) < 4.78 is 5.78. The lowest BCUT2D eigenvalue weighted by atomic mass is 9.53. The van der Waals surface area contributed by atoms with Gasteiger partial charge in [0.05, 0.1) is 11.9 Å². The minimum Gasteiger partial charge on any atom is -0.456 e. The quantitative estimate of drug-likeness (QED) is 0.553. The molecular weight excluding hydrogens is 386 g/mol. The predicted molar refractivity (Wildman–Crippen MR) is 124 cm³/mol. The van der Waals surface area contributed by atoms with Crippen LogP contribution in [0.3, 0.4) is 0 Å². The average molecular weight is 426 g/mol. The molecule has 0 aliphatic heterocycles. The maximum absolute atomic E-state index is 13.2. The van der Waals surface area contributed by atoms with Crippen molar-refractivity contribution in [1.82, 2.24) is 4.98 Å². The molecule has 4 bridgehead atoms. The number of nitrogens with one attached hydrogen (secondary N) is 2. The topological polar surface area (TPSA) is 63.2 Å². The summed E-state index contributed by atoms with van der Waals surface area (Å²) in [5.41, 5.74) is 1.09. The summed E-state index contributed by atoms with van der Waals surface area (Å²) >= 11 is 0. The number of carbonyl (C=O) groups is 1. The van der Waals surface area contributed by atoms with Gasteiger partial charge in [0.1, 0.15) is 17.0 Å². The van der Waals surface area contributed by atoms with Crippen LogP contribution in [-0.4, -0.2) is 28.1 Å². The van der Waals surface area contributed by atoms with Gasteiger partial charge in [-0.1, -0.05) is 19.3 Å². The zero-order valence-electron chi connectivity index (χ0n) is 19.5. The predicted octanol–water partition coefficient (Wildman–Crippen LogP) is 6.16. The monoisotopic (exact) mass is 425 g/mol. The molecule has 1 heterocycles. The third-order valence-corrected chi connectivity index (χ3v) is 7.90. The van der Waals surface area contributed by atoms with Crippen LogP contribution in [0.25, 0.3) is 0 Å². The van der Waals surface area contributed by atoms with Crippen molar-refractivity contribution in [2.75, 3.05) is 10.6 Å². The van der Waals surface area contributed by atoms with Crippen molar-refractivity contribution in [3.63, 3.8) is 0 Å². The number of nitrogens with zero attached hydrogens (tertiary/aromatic N) is 1. The van der Waals surface area contributed by atoms with E-state index in [0.29, 0.717) is 17.4 Å². The van der Waals surface area contributed by atoms with Gasteiger partial charge < -0.3 is 15.4 Å². The molecule has 170 valence electrons. The fourth-order valence-corrected chi connectivity index (χ4v) is 7.13. The number of hydrogen-bond acceptors (Lipinski definition) is 5. The Morgan fingerprint density at radius 1 is 1.03 bits per heavy atom. The minimum absolute atomic E-state index is 0.108. The number of rotatable bonds is 5.